The largest absolute Gasteiger partial charge is 0.497 e. The summed E-state index contributed by atoms with van der Waals surface area (Å²) in [6, 6.07) is 7.55. The molecule has 13 heavy (non-hydrogen) atoms. The lowest BCUT2D eigenvalue weighted by atomic mass is 10.2. The SMILES string of the molecule is COc1cccc(/C=C\C(C)=O)c1. The van der Waals surface area contributed by atoms with E-state index in [1.165, 1.54) is 13.0 Å². The highest BCUT2D eigenvalue weighted by molar-refractivity contribution is 5.91. The summed E-state index contributed by atoms with van der Waals surface area (Å²) in [6.45, 7) is 1.52. The molecule has 0 radical (unpaired) electrons. The van der Waals surface area contributed by atoms with Crippen LogP contribution in [0.5, 0.6) is 5.75 Å². The summed E-state index contributed by atoms with van der Waals surface area (Å²) < 4.78 is 5.04. The van der Waals surface area contributed by atoms with Gasteiger partial charge in [-0.25, -0.2) is 0 Å². The lowest BCUT2D eigenvalue weighted by Crippen LogP contribution is -1.83. The van der Waals surface area contributed by atoms with E-state index < -0.39 is 0 Å². The number of carbonyl (C=O) groups is 1. The van der Waals surface area contributed by atoms with Crippen LogP contribution >= 0.6 is 0 Å². The van der Waals surface area contributed by atoms with Crippen molar-refractivity contribution in [1.82, 2.24) is 0 Å². The molecule has 0 aliphatic heterocycles. The minimum atomic E-state index is 0.0443. The number of hydrogen-bond donors (Lipinski definition) is 0. The second-order valence-electron chi connectivity index (χ2n) is 2.72. The number of ketones is 1. The Kier molecular flexibility index (Phi) is 3.26. The molecule has 0 fully saturated rings. The van der Waals surface area contributed by atoms with Crippen LogP contribution in [0.15, 0.2) is 30.3 Å². The summed E-state index contributed by atoms with van der Waals surface area (Å²) in [4.78, 5) is 10.7. The molecule has 1 rings (SSSR count). The first-order valence-electron chi connectivity index (χ1n) is 4.05. The molecule has 0 aliphatic rings. The van der Waals surface area contributed by atoms with E-state index in [9.17, 15) is 4.79 Å². The summed E-state index contributed by atoms with van der Waals surface area (Å²) >= 11 is 0. The number of benzene rings is 1. The maximum Gasteiger partial charge on any atom is 0.152 e. The maximum absolute atomic E-state index is 10.7. The fourth-order valence-corrected chi connectivity index (χ4v) is 0.959. The van der Waals surface area contributed by atoms with Gasteiger partial charge in [-0.2, -0.15) is 0 Å². The zero-order valence-corrected chi connectivity index (χ0v) is 7.78. The van der Waals surface area contributed by atoms with Gasteiger partial charge in [0.1, 0.15) is 5.75 Å². The number of rotatable bonds is 3. The zero-order chi connectivity index (χ0) is 9.68. The highest BCUT2D eigenvalue weighted by Gasteiger charge is 1.91. The van der Waals surface area contributed by atoms with Crippen LogP contribution in [0.2, 0.25) is 0 Å². The topological polar surface area (TPSA) is 26.3 Å². The smallest absolute Gasteiger partial charge is 0.152 e. The molecule has 0 saturated carbocycles. The molecule has 0 saturated heterocycles. The Hall–Kier alpha value is -1.57. The van der Waals surface area contributed by atoms with Crippen molar-refractivity contribution in [3.63, 3.8) is 0 Å². The van der Waals surface area contributed by atoms with Crippen LogP contribution < -0.4 is 4.74 Å². The molecule has 0 atom stereocenters. The molecule has 1 aromatic carbocycles. The van der Waals surface area contributed by atoms with Gasteiger partial charge in [0.15, 0.2) is 5.78 Å². The van der Waals surface area contributed by atoms with Gasteiger partial charge in [-0.3, -0.25) is 4.79 Å². The Labute approximate surface area is 77.8 Å². The normalized spacial score (nSPS) is 10.3. The Balaban J connectivity index is 2.83. The molecule has 0 aliphatic carbocycles. The van der Waals surface area contributed by atoms with Crippen LogP contribution in [0.1, 0.15) is 12.5 Å². The molecule has 2 nitrogen and oxygen atoms in total. The summed E-state index contributed by atoms with van der Waals surface area (Å²) in [5, 5.41) is 0. The zero-order valence-electron chi connectivity index (χ0n) is 7.78. The van der Waals surface area contributed by atoms with E-state index in [1.54, 1.807) is 13.2 Å². The maximum atomic E-state index is 10.7. The molecule has 0 unspecified atom stereocenters. The molecule has 0 aromatic heterocycles. The molecule has 1 aromatic rings. The Morgan fingerprint density at radius 1 is 1.46 bits per heavy atom. The number of allylic oxidation sites excluding steroid dienone is 1. The number of carbonyl (C=O) groups excluding carboxylic acids is 1. The summed E-state index contributed by atoms with van der Waals surface area (Å²) in [5.41, 5.74) is 0.967. The number of methoxy groups -OCH3 is 1. The van der Waals surface area contributed by atoms with Gasteiger partial charge in [0.2, 0.25) is 0 Å². The van der Waals surface area contributed by atoms with Crippen molar-refractivity contribution < 1.29 is 9.53 Å². The molecule has 68 valence electrons. The monoisotopic (exact) mass is 176 g/mol. The van der Waals surface area contributed by atoms with Gasteiger partial charge >= 0.3 is 0 Å². The molecule has 0 amide bonds. The van der Waals surface area contributed by atoms with E-state index in [1.807, 2.05) is 24.3 Å². The van der Waals surface area contributed by atoms with Crippen LogP contribution in [-0.4, -0.2) is 12.9 Å². The highest BCUT2D eigenvalue weighted by Crippen LogP contribution is 2.13. The molecular weight excluding hydrogens is 164 g/mol. The Bertz CT molecular complexity index is 327. The van der Waals surface area contributed by atoms with Crippen molar-refractivity contribution in [3.05, 3.63) is 35.9 Å². The van der Waals surface area contributed by atoms with Crippen molar-refractivity contribution in [2.45, 2.75) is 6.92 Å². The average Bonchev–Trinajstić information content (AvgIpc) is 2.15. The predicted molar refractivity (Wildman–Crippen MR) is 52.7 cm³/mol. The van der Waals surface area contributed by atoms with Crippen molar-refractivity contribution in [2.24, 2.45) is 0 Å². The average molecular weight is 176 g/mol. The van der Waals surface area contributed by atoms with Gasteiger partial charge < -0.3 is 4.74 Å². The summed E-state index contributed by atoms with van der Waals surface area (Å²) in [7, 11) is 1.62. The van der Waals surface area contributed by atoms with Crippen LogP contribution in [0.4, 0.5) is 0 Å². The quantitative estimate of drug-likeness (QED) is 0.660. The molecule has 2 heteroatoms. The molecule has 0 N–H and O–H groups in total. The van der Waals surface area contributed by atoms with Gasteiger partial charge in [-0.15, -0.1) is 0 Å². The van der Waals surface area contributed by atoms with Crippen LogP contribution in [0.25, 0.3) is 6.08 Å². The third kappa shape index (κ3) is 3.11. The predicted octanol–water partition coefficient (Wildman–Crippen LogP) is 2.30. The van der Waals surface area contributed by atoms with Gasteiger partial charge in [0, 0.05) is 0 Å². The van der Waals surface area contributed by atoms with Crippen molar-refractivity contribution in [3.8, 4) is 5.75 Å². The van der Waals surface area contributed by atoms with E-state index in [2.05, 4.69) is 0 Å². The third-order valence-electron chi connectivity index (χ3n) is 1.60. The van der Waals surface area contributed by atoms with E-state index in [-0.39, 0.29) is 5.78 Å². The van der Waals surface area contributed by atoms with E-state index in [0.717, 1.165) is 11.3 Å². The van der Waals surface area contributed by atoms with Crippen molar-refractivity contribution in [2.75, 3.05) is 7.11 Å². The fourth-order valence-electron chi connectivity index (χ4n) is 0.959. The van der Waals surface area contributed by atoms with Crippen LogP contribution in [0, 0.1) is 0 Å². The van der Waals surface area contributed by atoms with Gasteiger partial charge in [-0.05, 0) is 30.7 Å². The van der Waals surface area contributed by atoms with Gasteiger partial charge in [-0.1, -0.05) is 18.2 Å². The minimum Gasteiger partial charge on any atom is -0.497 e. The first-order valence-corrected chi connectivity index (χ1v) is 4.05. The van der Waals surface area contributed by atoms with Gasteiger partial charge in [0.25, 0.3) is 0 Å². The molecule has 0 heterocycles. The first-order chi connectivity index (χ1) is 6.22. The fraction of sp³-hybridized carbons (Fsp3) is 0.182. The van der Waals surface area contributed by atoms with E-state index >= 15 is 0 Å². The lowest BCUT2D eigenvalue weighted by Gasteiger charge is -1.99. The first kappa shape index (κ1) is 9.52. The van der Waals surface area contributed by atoms with Crippen molar-refractivity contribution in [1.29, 1.82) is 0 Å². The van der Waals surface area contributed by atoms with Crippen LogP contribution in [-0.2, 0) is 4.79 Å². The highest BCUT2D eigenvalue weighted by atomic mass is 16.5. The Morgan fingerprint density at radius 2 is 2.23 bits per heavy atom. The van der Waals surface area contributed by atoms with E-state index in [4.69, 9.17) is 4.74 Å². The van der Waals surface area contributed by atoms with Crippen molar-refractivity contribution >= 4 is 11.9 Å². The number of ether oxygens (including phenoxy) is 1. The lowest BCUT2D eigenvalue weighted by molar-refractivity contribution is -0.112. The third-order valence-corrected chi connectivity index (χ3v) is 1.60. The number of hydrogen-bond acceptors (Lipinski definition) is 2. The summed E-state index contributed by atoms with van der Waals surface area (Å²) in [6.07, 6.45) is 3.31. The van der Waals surface area contributed by atoms with Gasteiger partial charge in [0.05, 0.1) is 7.11 Å². The Morgan fingerprint density at radius 3 is 2.85 bits per heavy atom. The molecular formula is C11H12O2. The summed E-state index contributed by atoms with van der Waals surface area (Å²) in [5.74, 6) is 0.841. The molecule has 0 spiro atoms. The van der Waals surface area contributed by atoms with E-state index in [0.29, 0.717) is 0 Å². The standard InChI is InChI=1S/C11H12O2/c1-9(12)6-7-10-4-3-5-11(8-10)13-2/h3-8H,1-2H3/b7-6-. The second kappa shape index (κ2) is 4.45. The molecule has 0 bridgehead atoms. The second-order valence-corrected chi connectivity index (χ2v) is 2.72. The van der Waals surface area contributed by atoms with Crippen LogP contribution in [0.3, 0.4) is 0 Å². The minimum absolute atomic E-state index is 0.0443.